The zero-order valence-corrected chi connectivity index (χ0v) is 5.26. The lowest BCUT2D eigenvalue weighted by atomic mass is 10.2. The minimum absolute atomic E-state index is 0.0185. The fourth-order valence-electron chi connectivity index (χ4n) is 0.801. The second-order valence-corrected chi connectivity index (χ2v) is 1.93. The Balaban J connectivity index is 2.53. The van der Waals surface area contributed by atoms with Crippen LogP contribution in [0.1, 0.15) is 0 Å². The molecule has 0 unspecified atom stereocenters. The van der Waals surface area contributed by atoms with Crippen LogP contribution in [0.4, 0.5) is 0 Å². The maximum Gasteiger partial charge on any atom is 0.363 e. The summed E-state index contributed by atoms with van der Waals surface area (Å²) in [5.41, 5.74) is 0.155. The minimum atomic E-state index is -0.475. The summed E-state index contributed by atoms with van der Waals surface area (Å²) in [6.45, 7) is 0. The second-order valence-electron chi connectivity index (χ2n) is 1.93. The highest BCUT2D eigenvalue weighted by molar-refractivity contribution is 6.23. The van der Waals surface area contributed by atoms with Gasteiger partial charge in [0.1, 0.15) is 0 Å². The third-order valence-electron chi connectivity index (χ3n) is 1.30. The number of hydrogen-bond donors (Lipinski definition) is 0. The van der Waals surface area contributed by atoms with E-state index in [1.807, 2.05) is 0 Å². The van der Waals surface area contributed by atoms with Gasteiger partial charge >= 0.3 is 5.84 Å². The molecule has 0 fully saturated rings. The Morgan fingerprint density at radius 1 is 1.55 bits per heavy atom. The van der Waals surface area contributed by atoms with Crippen molar-refractivity contribution >= 4 is 18.1 Å². The largest absolute Gasteiger partial charge is 0.690 e. The van der Waals surface area contributed by atoms with Crippen molar-refractivity contribution in [3.8, 4) is 0 Å². The number of hydroxylamine groups is 1. The third kappa shape index (κ3) is 0.689. The van der Waals surface area contributed by atoms with Gasteiger partial charge in [-0.15, -0.1) is 4.86 Å². The molecule has 0 radical (unpaired) electrons. The monoisotopic (exact) mass is 150 g/mol. The Morgan fingerprint density at radius 2 is 2.36 bits per heavy atom. The SMILES string of the molecule is O=C1N=CN=C2C1=CN=[N+]2[O-]. The predicted molar refractivity (Wildman–Crippen MR) is 35.1 cm³/mol. The van der Waals surface area contributed by atoms with E-state index in [-0.39, 0.29) is 11.4 Å². The summed E-state index contributed by atoms with van der Waals surface area (Å²) in [6, 6.07) is 0. The molecule has 0 atom stereocenters. The van der Waals surface area contributed by atoms with Gasteiger partial charge in [-0.25, -0.2) is 0 Å². The highest BCUT2D eigenvalue weighted by Gasteiger charge is 2.30. The summed E-state index contributed by atoms with van der Waals surface area (Å²) >= 11 is 0. The van der Waals surface area contributed by atoms with E-state index in [0.29, 0.717) is 4.86 Å². The molecule has 0 aromatic rings. The quantitative estimate of drug-likeness (QED) is 0.354. The molecular weight excluding hydrogens is 148 g/mol. The molecule has 0 aromatic heterocycles. The number of carbonyl (C=O) groups is 1. The van der Waals surface area contributed by atoms with Gasteiger partial charge in [-0.1, -0.05) is 5.11 Å². The Bertz CT molecular complexity index is 349. The van der Waals surface area contributed by atoms with Gasteiger partial charge in [0, 0.05) is 0 Å². The maximum absolute atomic E-state index is 10.8. The van der Waals surface area contributed by atoms with Crippen LogP contribution in [0.15, 0.2) is 26.9 Å². The second kappa shape index (κ2) is 1.82. The maximum atomic E-state index is 10.8. The minimum Gasteiger partial charge on any atom is -0.690 e. The molecule has 54 valence electrons. The topological polar surface area (TPSA) is 80.2 Å². The van der Waals surface area contributed by atoms with Crippen molar-refractivity contribution in [1.82, 2.24) is 0 Å². The smallest absolute Gasteiger partial charge is 0.363 e. The molecule has 2 aliphatic rings. The van der Waals surface area contributed by atoms with Crippen molar-refractivity contribution in [1.29, 1.82) is 0 Å². The lowest BCUT2D eigenvalue weighted by Crippen LogP contribution is -2.19. The van der Waals surface area contributed by atoms with E-state index in [1.54, 1.807) is 0 Å². The lowest BCUT2D eigenvalue weighted by molar-refractivity contribution is -0.397. The van der Waals surface area contributed by atoms with Crippen LogP contribution in [0, 0.1) is 5.21 Å². The molecule has 6 heteroatoms. The van der Waals surface area contributed by atoms with E-state index in [0.717, 1.165) is 12.5 Å². The highest BCUT2D eigenvalue weighted by Crippen LogP contribution is 2.12. The van der Waals surface area contributed by atoms with Gasteiger partial charge in [-0.3, -0.25) is 4.79 Å². The van der Waals surface area contributed by atoms with Crippen molar-refractivity contribution in [3.63, 3.8) is 0 Å². The lowest BCUT2D eigenvalue weighted by Gasteiger charge is -1.99. The summed E-state index contributed by atoms with van der Waals surface area (Å²) in [5, 5.41) is 14.0. The van der Waals surface area contributed by atoms with Gasteiger partial charge in [-0.05, 0) is 4.99 Å². The molecule has 0 spiro atoms. The van der Waals surface area contributed by atoms with E-state index in [9.17, 15) is 10.0 Å². The van der Waals surface area contributed by atoms with Crippen molar-refractivity contribution < 1.29 is 9.66 Å². The summed E-state index contributed by atoms with van der Waals surface area (Å²) in [4.78, 5) is 18.1. The molecule has 2 heterocycles. The molecule has 2 aliphatic heterocycles. The first kappa shape index (κ1) is 5.90. The van der Waals surface area contributed by atoms with Crippen LogP contribution in [0.3, 0.4) is 0 Å². The molecule has 0 N–H and O–H groups in total. The fraction of sp³-hybridized carbons (Fsp3) is 0. The molecular formula is C5H2N4O2. The summed E-state index contributed by atoms with van der Waals surface area (Å²) in [7, 11) is 0. The molecule has 0 saturated heterocycles. The molecule has 11 heavy (non-hydrogen) atoms. The average Bonchev–Trinajstić information content (AvgIpc) is 2.35. The van der Waals surface area contributed by atoms with Crippen LogP contribution >= 0.6 is 0 Å². The first-order valence-corrected chi connectivity index (χ1v) is 2.82. The van der Waals surface area contributed by atoms with Gasteiger partial charge in [0.05, 0.1) is 6.20 Å². The van der Waals surface area contributed by atoms with Crippen LogP contribution in [0.5, 0.6) is 0 Å². The third-order valence-corrected chi connectivity index (χ3v) is 1.30. The molecule has 0 saturated carbocycles. The number of azo groups is 1. The van der Waals surface area contributed by atoms with Gasteiger partial charge in [0.2, 0.25) is 6.34 Å². The zero-order valence-electron chi connectivity index (χ0n) is 5.26. The summed E-state index contributed by atoms with van der Waals surface area (Å²) in [6.07, 6.45) is 2.20. The van der Waals surface area contributed by atoms with Crippen LogP contribution in [0.25, 0.3) is 0 Å². The van der Waals surface area contributed by atoms with E-state index < -0.39 is 5.91 Å². The van der Waals surface area contributed by atoms with Crippen molar-refractivity contribution in [2.45, 2.75) is 0 Å². The van der Waals surface area contributed by atoms with Crippen LogP contribution in [0.2, 0.25) is 0 Å². The van der Waals surface area contributed by atoms with Crippen molar-refractivity contribution in [2.24, 2.45) is 15.1 Å². The molecule has 0 aliphatic carbocycles. The fourth-order valence-corrected chi connectivity index (χ4v) is 0.801. The Morgan fingerprint density at radius 3 is 3.09 bits per heavy atom. The number of amides is 1. The predicted octanol–water partition coefficient (Wildman–Crippen LogP) is -0.187. The van der Waals surface area contributed by atoms with Crippen LogP contribution in [-0.4, -0.2) is 22.9 Å². The van der Waals surface area contributed by atoms with Crippen LogP contribution in [-0.2, 0) is 4.79 Å². The number of hydrogen-bond acceptors (Lipinski definition) is 4. The first-order chi connectivity index (χ1) is 5.29. The van der Waals surface area contributed by atoms with Crippen molar-refractivity contribution in [2.75, 3.05) is 0 Å². The number of aliphatic imine (C=N–C) groups is 2. The van der Waals surface area contributed by atoms with Gasteiger partial charge in [0.15, 0.2) is 5.57 Å². The number of amidine groups is 1. The van der Waals surface area contributed by atoms with Crippen LogP contribution < -0.4 is 0 Å². The molecule has 6 nitrogen and oxygen atoms in total. The standard InChI is InChI=1S/C5H2N4O2/c10-5-3-1-8-9(11)4(3)6-2-7-5/h1-2H. The molecule has 0 bridgehead atoms. The van der Waals surface area contributed by atoms with E-state index >= 15 is 0 Å². The molecule has 0 aromatic carbocycles. The van der Waals surface area contributed by atoms with Gasteiger partial charge < -0.3 is 5.21 Å². The van der Waals surface area contributed by atoms with E-state index in [1.165, 1.54) is 0 Å². The Kier molecular flexibility index (Phi) is 0.974. The normalized spacial score (nSPS) is 20.7. The van der Waals surface area contributed by atoms with E-state index in [4.69, 9.17) is 0 Å². The number of rotatable bonds is 0. The van der Waals surface area contributed by atoms with Gasteiger partial charge in [-0.2, -0.15) is 4.99 Å². The molecule has 1 amide bonds. The van der Waals surface area contributed by atoms with E-state index in [2.05, 4.69) is 15.1 Å². The van der Waals surface area contributed by atoms with Crippen molar-refractivity contribution in [3.05, 3.63) is 17.0 Å². The number of nitrogens with zero attached hydrogens (tertiary/aromatic N) is 4. The zero-order chi connectivity index (χ0) is 7.84. The number of fused-ring (bicyclic) bond motifs is 1. The highest BCUT2D eigenvalue weighted by atomic mass is 16.5. The number of carbonyl (C=O) groups excluding carboxylic acids is 1. The summed E-state index contributed by atoms with van der Waals surface area (Å²) < 4.78 is 0. The van der Waals surface area contributed by atoms with Gasteiger partial charge in [0.25, 0.3) is 5.91 Å². The average molecular weight is 150 g/mol. The summed E-state index contributed by atoms with van der Waals surface area (Å²) in [5.74, 6) is -0.456. The molecule has 2 rings (SSSR count). The Hall–Kier alpha value is -1.85. The Labute approximate surface area is 60.9 Å². The first-order valence-electron chi connectivity index (χ1n) is 2.82.